The lowest BCUT2D eigenvalue weighted by molar-refractivity contribution is -0.137. The number of anilines is 1. The number of hydrogen-bond donors (Lipinski definition) is 1. The highest BCUT2D eigenvalue weighted by Crippen LogP contribution is 2.39. The second-order valence-electron chi connectivity index (χ2n) is 6.51. The first-order chi connectivity index (χ1) is 15.2. The van der Waals surface area contributed by atoms with E-state index in [4.69, 9.17) is 16.3 Å². The van der Waals surface area contributed by atoms with Crippen molar-refractivity contribution in [1.29, 1.82) is 0 Å². The van der Waals surface area contributed by atoms with Crippen LogP contribution in [0.25, 0.3) is 21.3 Å². The summed E-state index contributed by atoms with van der Waals surface area (Å²) in [7, 11) is 0. The first kappa shape index (κ1) is 22.0. The van der Waals surface area contributed by atoms with E-state index in [1.165, 1.54) is 35.9 Å². The molecule has 0 atom stereocenters. The van der Waals surface area contributed by atoms with Gasteiger partial charge < -0.3 is 10.1 Å². The Bertz CT molecular complexity index is 1290. The van der Waals surface area contributed by atoms with Gasteiger partial charge in [0.2, 0.25) is 5.88 Å². The molecule has 4 rings (SSSR count). The quantitative estimate of drug-likeness (QED) is 0.345. The molecule has 0 fully saturated rings. The Kier molecular flexibility index (Phi) is 5.98. The van der Waals surface area contributed by atoms with Crippen molar-refractivity contribution in [2.45, 2.75) is 6.18 Å². The van der Waals surface area contributed by atoms with Gasteiger partial charge in [-0.1, -0.05) is 29.8 Å². The average molecular weight is 482 g/mol. The highest BCUT2D eigenvalue weighted by Gasteiger charge is 2.34. The molecule has 11 heteroatoms. The molecule has 32 heavy (non-hydrogen) atoms. The number of aromatic nitrogens is 2. The van der Waals surface area contributed by atoms with Gasteiger partial charge in [0.15, 0.2) is 6.61 Å². The van der Waals surface area contributed by atoms with Gasteiger partial charge in [-0.2, -0.15) is 13.2 Å². The van der Waals surface area contributed by atoms with Crippen molar-refractivity contribution in [1.82, 2.24) is 9.97 Å². The summed E-state index contributed by atoms with van der Waals surface area (Å²) in [6, 6.07) is 8.96. The molecule has 4 aromatic rings. The highest BCUT2D eigenvalue weighted by atomic mass is 35.5. The normalized spacial score (nSPS) is 11.5. The predicted octanol–water partition coefficient (Wildman–Crippen LogP) is 6.19. The van der Waals surface area contributed by atoms with Crippen LogP contribution in [0.3, 0.4) is 0 Å². The van der Waals surface area contributed by atoms with Crippen LogP contribution in [0.5, 0.6) is 5.88 Å². The van der Waals surface area contributed by atoms with Crippen LogP contribution in [0.1, 0.15) is 5.56 Å². The third-order valence-electron chi connectivity index (χ3n) is 4.41. The highest BCUT2D eigenvalue weighted by molar-refractivity contribution is 7.17. The molecule has 1 N–H and O–H groups in total. The Morgan fingerprint density at radius 1 is 1.12 bits per heavy atom. The van der Waals surface area contributed by atoms with Gasteiger partial charge in [0, 0.05) is 10.9 Å². The summed E-state index contributed by atoms with van der Waals surface area (Å²) in [5.41, 5.74) is -0.260. The molecule has 0 unspecified atom stereocenters. The number of nitrogens with zero attached hydrogens (tertiary/aromatic N) is 2. The van der Waals surface area contributed by atoms with Gasteiger partial charge >= 0.3 is 6.18 Å². The number of alkyl halides is 3. The van der Waals surface area contributed by atoms with Crippen LogP contribution in [0, 0.1) is 5.82 Å². The molecule has 0 saturated carbocycles. The number of benzene rings is 2. The molecule has 0 radical (unpaired) electrons. The van der Waals surface area contributed by atoms with Crippen molar-refractivity contribution < 1.29 is 27.1 Å². The fourth-order valence-corrected chi connectivity index (χ4v) is 4.12. The number of carbonyl (C=O) groups excluding carboxylic acids is 1. The largest absolute Gasteiger partial charge is 0.467 e. The average Bonchev–Trinajstić information content (AvgIpc) is 3.18. The number of rotatable bonds is 5. The molecule has 164 valence electrons. The Morgan fingerprint density at radius 3 is 2.59 bits per heavy atom. The van der Waals surface area contributed by atoms with Gasteiger partial charge in [-0.05, 0) is 29.8 Å². The second kappa shape index (κ2) is 8.71. The van der Waals surface area contributed by atoms with E-state index >= 15 is 0 Å². The number of carbonyl (C=O) groups is 1. The van der Waals surface area contributed by atoms with Gasteiger partial charge in [-0.3, -0.25) is 4.79 Å². The van der Waals surface area contributed by atoms with Gasteiger partial charge in [0.05, 0.1) is 21.7 Å². The van der Waals surface area contributed by atoms with Crippen LogP contribution in [0.15, 0.2) is 54.2 Å². The molecule has 0 aliphatic heterocycles. The summed E-state index contributed by atoms with van der Waals surface area (Å²) in [6.07, 6.45) is -3.45. The molecule has 2 heterocycles. The van der Waals surface area contributed by atoms with Gasteiger partial charge in [-0.25, -0.2) is 14.4 Å². The van der Waals surface area contributed by atoms with Gasteiger partial charge in [0.1, 0.15) is 17.0 Å². The second-order valence-corrected chi connectivity index (χ2v) is 7.78. The lowest BCUT2D eigenvalue weighted by atomic mass is 10.1. The minimum Gasteiger partial charge on any atom is -0.467 e. The van der Waals surface area contributed by atoms with E-state index < -0.39 is 35.8 Å². The number of halogens is 5. The summed E-state index contributed by atoms with van der Waals surface area (Å²) in [6.45, 7) is -0.618. The lowest BCUT2D eigenvalue weighted by Gasteiger charge is -2.15. The zero-order valence-corrected chi connectivity index (χ0v) is 17.5. The van der Waals surface area contributed by atoms with E-state index in [9.17, 15) is 22.4 Å². The predicted molar refractivity (Wildman–Crippen MR) is 113 cm³/mol. The number of amides is 1. The van der Waals surface area contributed by atoms with Crippen LogP contribution < -0.4 is 10.1 Å². The van der Waals surface area contributed by atoms with E-state index in [1.807, 2.05) is 0 Å². The number of nitrogens with one attached hydrogen (secondary N) is 1. The minimum absolute atomic E-state index is 0.0703. The van der Waals surface area contributed by atoms with Crippen LogP contribution >= 0.6 is 22.9 Å². The number of thiophene rings is 1. The zero-order valence-electron chi connectivity index (χ0n) is 15.9. The molecule has 2 aromatic heterocycles. The third-order valence-corrected chi connectivity index (χ3v) is 5.62. The van der Waals surface area contributed by atoms with Crippen molar-refractivity contribution in [3.63, 3.8) is 0 Å². The van der Waals surface area contributed by atoms with Crippen molar-refractivity contribution in [2.24, 2.45) is 0 Å². The lowest BCUT2D eigenvalue weighted by Crippen LogP contribution is -2.23. The van der Waals surface area contributed by atoms with Crippen LogP contribution in [0.2, 0.25) is 5.02 Å². The summed E-state index contributed by atoms with van der Waals surface area (Å²) < 4.78 is 58.4. The molecule has 0 aliphatic carbocycles. The Balaban J connectivity index is 1.58. The molecule has 0 bridgehead atoms. The molecule has 2 aromatic carbocycles. The van der Waals surface area contributed by atoms with Crippen molar-refractivity contribution >= 4 is 44.7 Å². The van der Waals surface area contributed by atoms with E-state index in [0.29, 0.717) is 21.3 Å². The summed E-state index contributed by atoms with van der Waals surface area (Å²) in [4.78, 5) is 21.1. The molecule has 0 aliphatic rings. The Hall–Kier alpha value is -3.24. The molecular formula is C21H12ClF4N3O2S. The maximum atomic E-state index is 13.3. The molecule has 5 nitrogen and oxygen atoms in total. The van der Waals surface area contributed by atoms with E-state index in [2.05, 4.69) is 15.3 Å². The Labute approximate surface area is 187 Å². The third kappa shape index (κ3) is 4.51. The number of ether oxygens (including phenoxy) is 1. The molecule has 0 spiro atoms. The molecule has 0 saturated heterocycles. The fraction of sp³-hybridized carbons (Fsp3) is 0.0952. The smallest absolute Gasteiger partial charge is 0.418 e. The maximum absolute atomic E-state index is 13.3. The van der Waals surface area contributed by atoms with Crippen molar-refractivity contribution in [3.05, 3.63) is 70.6 Å². The summed E-state index contributed by atoms with van der Waals surface area (Å²) >= 11 is 7.16. The number of para-hydroxylation sites is 1. The molecular weight excluding hydrogens is 470 g/mol. The SMILES string of the molecule is O=C(COc1ncnc2scc(-c3ccc(F)cc3)c12)Nc1c(Cl)cccc1C(F)(F)F. The van der Waals surface area contributed by atoms with E-state index in [1.54, 1.807) is 17.5 Å². The summed E-state index contributed by atoms with van der Waals surface area (Å²) in [5, 5.41) is 4.19. The first-order valence-electron chi connectivity index (χ1n) is 9.00. The van der Waals surface area contributed by atoms with E-state index in [-0.39, 0.29) is 10.9 Å². The maximum Gasteiger partial charge on any atom is 0.418 e. The van der Waals surface area contributed by atoms with Gasteiger partial charge in [-0.15, -0.1) is 11.3 Å². The van der Waals surface area contributed by atoms with Crippen LogP contribution in [-0.2, 0) is 11.0 Å². The minimum atomic E-state index is -4.70. The fourth-order valence-electron chi connectivity index (χ4n) is 3.00. The van der Waals surface area contributed by atoms with Crippen molar-refractivity contribution in [3.8, 4) is 17.0 Å². The zero-order chi connectivity index (χ0) is 22.9. The molecule has 1 amide bonds. The monoisotopic (exact) mass is 481 g/mol. The standard InChI is InChI=1S/C21H12ClF4N3O2S/c22-15-3-1-2-14(21(24,25)26)18(15)29-16(30)8-31-19-17-13(9-32-20(17)28-10-27-19)11-4-6-12(23)7-5-11/h1-7,9-10H,8H2,(H,29,30). The van der Waals surface area contributed by atoms with Crippen LogP contribution in [-0.4, -0.2) is 22.5 Å². The van der Waals surface area contributed by atoms with Crippen LogP contribution in [0.4, 0.5) is 23.2 Å². The number of hydrogen-bond acceptors (Lipinski definition) is 5. The van der Waals surface area contributed by atoms with Gasteiger partial charge in [0.25, 0.3) is 5.91 Å². The number of fused-ring (bicyclic) bond motifs is 1. The van der Waals surface area contributed by atoms with Crippen molar-refractivity contribution in [2.75, 3.05) is 11.9 Å². The topological polar surface area (TPSA) is 64.1 Å². The Morgan fingerprint density at radius 2 is 1.88 bits per heavy atom. The summed E-state index contributed by atoms with van der Waals surface area (Å²) in [5.74, 6) is -1.18. The van der Waals surface area contributed by atoms with E-state index in [0.717, 1.165) is 12.1 Å². The first-order valence-corrected chi connectivity index (χ1v) is 10.3.